The fraction of sp³-hybridized carbons (Fsp3) is 0.414. The SMILES string of the molecule is O=c1cc(N2CCOCC2)cc(-c2cccc3c2Sc2ccc(NC4COC[C@H]4N4CCOCC4)cc2S3)[nH]1. The Morgan fingerprint density at radius 3 is 2.49 bits per heavy atom. The van der Waals surface area contributed by atoms with Crippen LogP contribution in [-0.2, 0) is 14.2 Å². The first-order valence-corrected chi connectivity index (χ1v) is 15.2. The molecule has 4 aliphatic heterocycles. The van der Waals surface area contributed by atoms with Crippen molar-refractivity contribution in [2.75, 3.05) is 76.0 Å². The average molecular weight is 565 g/mol. The van der Waals surface area contributed by atoms with E-state index in [0.717, 1.165) is 75.2 Å². The minimum atomic E-state index is -0.0811. The zero-order chi connectivity index (χ0) is 26.2. The lowest BCUT2D eigenvalue weighted by Crippen LogP contribution is -2.50. The van der Waals surface area contributed by atoms with Gasteiger partial charge in [-0.25, -0.2) is 0 Å². The van der Waals surface area contributed by atoms with Crippen LogP contribution < -0.4 is 15.8 Å². The molecule has 0 radical (unpaired) electrons. The molecule has 2 N–H and O–H groups in total. The average Bonchev–Trinajstić information content (AvgIpc) is 3.44. The first-order chi connectivity index (χ1) is 19.2. The summed E-state index contributed by atoms with van der Waals surface area (Å²) in [5, 5.41) is 3.76. The third kappa shape index (κ3) is 5.33. The number of nitrogens with zero attached hydrogens (tertiary/aromatic N) is 2. The first-order valence-electron chi connectivity index (χ1n) is 13.6. The Labute approximate surface area is 236 Å². The van der Waals surface area contributed by atoms with E-state index in [4.69, 9.17) is 14.2 Å². The maximum atomic E-state index is 12.6. The Bertz CT molecular complexity index is 1400. The maximum absolute atomic E-state index is 12.6. The number of rotatable bonds is 5. The second-order valence-corrected chi connectivity index (χ2v) is 12.4. The smallest absolute Gasteiger partial charge is 0.250 e. The van der Waals surface area contributed by atoms with Crippen LogP contribution in [0.2, 0.25) is 0 Å². The summed E-state index contributed by atoms with van der Waals surface area (Å²) in [6.45, 7) is 7.95. The van der Waals surface area contributed by atoms with Gasteiger partial charge in [0.05, 0.1) is 57.4 Å². The van der Waals surface area contributed by atoms with E-state index in [1.807, 2.05) is 0 Å². The van der Waals surface area contributed by atoms with Gasteiger partial charge in [-0.3, -0.25) is 9.69 Å². The van der Waals surface area contributed by atoms with Crippen molar-refractivity contribution in [1.82, 2.24) is 9.88 Å². The number of nitrogens with one attached hydrogen (secondary N) is 2. The highest BCUT2D eigenvalue weighted by molar-refractivity contribution is 8.05. The molecule has 8 nitrogen and oxygen atoms in total. The van der Waals surface area contributed by atoms with Gasteiger partial charge in [-0.2, -0.15) is 0 Å². The van der Waals surface area contributed by atoms with Gasteiger partial charge in [0.15, 0.2) is 0 Å². The van der Waals surface area contributed by atoms with Crippen LogP contribution in [0.3, 0.4) is 0 Å². The summed E-state index contributed by atoms with van der Waals surface area (Å²) in [4.78, 5) is 25.3. The van der Waals surface area contributed by atoms with Gasteiger partial charge in [-0.05, 0) is 30.3 Å². The second kappa shape index (κ2) is 11.2. The Morgan fingerprint density at radius 2 is 1.64 bits per heavy atom. The number of benzene rings is 2. The molecule has 1 unspecified atom stereocenters. The fourth-order valence-electron chi connectivity index (χ4n) is 5.75. The molecule has 39 heavy (non-hydrogen) atoms. The number of aromatic nitrogens is 1. The lowest BCUT2D eigenvalue weighted by molar-refractivity contribution is 0.0131. The Balaban J connectivity index is 1.12. The van der Waals surface area contributed by atoms with Gasteiger partial charge in [0.2, 0.25) is 5.56 Å². The Morgan fingerprint density at radius 1 is 0.821 bits per heavy atom. The summed E-state index contributed by atoms with van der Waals surface area (Å²) >= 11 is 3.57. The summed E-state index contributed by atoms with van der Waals surface area (Å²) in [7, 11) is 0. The fourth-order valence-corrected chi connectivity index (χ4v) is 8.16. The number of morpholine rings is 2. The number of hydrogen-bond acceptors (Lipinski definition) is 9. The van der Waals surface area contributed by atoms with Crippen LogP contribution in [-0.4, -0.2) is 87.8 Å². The maximum Gasteiger partial charge on any atom is 0.250 e. The molecule has 10 heteroatoms. The quantitative estimate of drug-likeness (QED) is 0.374. The van der Waals surface area contributed by atoms with Gasteiger partial charge in [0, 0.05) is 68.8 Å². The van der Waals surface area contributed by atoms with Gasteiger partial charge >= 0.3 is 0 Å². The van der Waals surface area contributed by atoms with Gasteiger partial charge < -0.3 is 29.4 Å². The molecule has 3 aromatic rings. The molecule has 3 saturated heterocycles. The van der Waals surface area contributed by atoms with Crippen LogP contribution in [0.15, 0.2) is 72.9 Å². The van der Waals surface area contributed by atoms with Crippen molar-refractivity contribution in [2.45, 2.75) is 31.7 Å². The molecule has 5 heterocycles. The normalized spacial score (nSPS) is 23.3. The summed E-state index contributed by atoms with van der Waals surface area (Å²) in [5.74, 6) is 0. The molecule has 1 aromatic heterocycles. The summed E-state index contributed by atoms with van der Waals surface area (Å²) < 4.78 is 16.9. The van der Waals surface area contributed by atoms with Crippen molar-refractivity contribution in [1.29, 1.82) is 0 Å². The molecule has 4 aliphatic rings. The van der Waals surface area contributed by atoms with Gasteiger partial charge in [0.1, 0.15) is 0 Å². The minimum Gasteiger partial charge on any atom is -0.379 e. The number of fused-ring (bicyclic) bond motifs is 2. The van der Waals surface area contributed by atoms with Crippen molar-refractivity contribution in [2.24, 2.45) is 0 Å². The lowest BCUT2D eigenvalue weighted by Gasteiger charge is -2.35. The number of aromatic amines is 1. The van der Waals surface area contributed by atoms with E-state index in [-0.39, 0.29) is 11.6 Å². The van der Waals surface area contributed by atoms with Crippen LogP contribution in [0.5, 0.6) is 0 Å². The van der Waals surface area contributed by atoms with E-state index >= 15 is 0 Å². The highest BCUT2D eigenvalue weighted by Crippen LogP contribution is 2.52. The van der Waals surface area contributed by atoms with Crippen molar-refractivity contribution < 1.29 is 14.2 Å². The topological polar surface area (TPSA) is 79.1 Å². The molecule has 3 fully saturated rings. The predicted octanol–water partition coefficient (Wildman–Crippen LogP) is 4.01. The first kappa shape index (κ1) is 25.5. The van der Waals surface area contributed by atoms with Crippen molar-refractivity contribution in [3.63, 3.8) is 0 Å². The molecular formula is C29H32N4O4S2. The number of pyridine rings is 1. The third-order valence-electron chi connectivity index (χ3n) is 7.77. The number of ether oxygens (including phenoxy) is 3. The van der Waals surface area contributed by atoms with Gasteiger partial charge in [0.25, 0.3) is 0 Å². The van der Waals surface area contributed by atoms with Crippen LogP contribution >= 0.6 is 23.5 Å². The minimum absolute atomic E-state index is 0.0811. The zero-order valence-corrected chi connectivity index (χ0v) is 23.3. The van der Waals surface area contributed by atoms with E-state index in [1.165, 1.54) is 19.6 Å². The summed E-state index contributed by atoms with van der Waals surface area (Å²) in [5.41, 5.74) is 3.90. The van der Waals surface area contributed by atoms with E-state index in [2.05, 4.69) is 62.6 Å². The number of hydrogen-bond donors (Lipinski definition) is 2. The summed E-state index contributed by atoms with van der Waals surface area (Å²) in [6, 6.07) is 17.4. The van der Waals surface area contributed by atoms with Crippen molar-refractivity contribution >= 4 is 34.9 Å². The highest BCUT2D eigenvalue weighted by Gasteiger charge is 2.34. The van der Waals surface area contributed by atoms with Gasteiger partial charge in [-0.1, -0.05) is 35.7 Å². The molecule has 0 saturated carbocycles. The molecule has 204 valence electrons. The van der Waals surface area contributed by atoms with Crippen LogP contribution in [0, 0.1) is 0 Å². The van der Waals surface area contributed by atoms with E-state index in [9.17, 15) is 4.79 Å². The largest absolute Gasteiger partial charge is 0.379 e. The molecule has 2 aromatic carbocycles. The van der Waals surface area contributed by atoms with Gasteiger partial charge in [-0.15, -0.1) is 0 Å². The number of anilines is 2. The van der Waals surface area contributed by atoms with Crippen molar-refractivity contribution in [3.05, 3.63) is 58.9 Å². The molecule has 2 atom stereocenters. The van der Waals surface area contributed by atoms with E-state index in [1.54, 1.807) is 29.6 Å². The van der Waals surface area contributed by atoms with Crippen LogP contribution in [0.25, 0.3) is 11.3 Å². The van der Waals surface area contributed by atoms with E-state index < -0.39 is 0 Å². The molecule has 0 bridgehead atoms. The standard InChI is InChI=1S/C29H32N4O4S2/c34-28-16-20(32-6-10-35-11-7-32)15-22(31-28)21-2-1-3-26-29(21)39-25-5-4-19(14-27(25)38-26)30-23-17-37-18-24(23)33-8-12-36-13-9-33/h1-5,14-16,23-24,30H,6-13,17-18H2,(H,31,34)/t23?,24-/m1/s1. The second-order valence-electron chi connectivity index (χ2n) is 10.2. The monoisotopic (exact) mass is 564 g/mol. The molecule has 7 rings (SSSR count). The third-order valence-corrected chi connectivity index (χ3v) is 10.4. The molecule has 0 aliphatic carbocycles. The Hall–Kier alpha value is -2.47. The van der Waals surface area contributed by atoms with E-state index in [0.29, 0.717) is 19.3 Å². The zero-order valence-electron chi connectivity index (χ0n) is 21.7. The van der Waals surface area contributed by atoms with Crippen molar-refractivity contribution in [3.8, 4) is 11.3 Å². The predicted molar refractivity (Wildman–Crippen MR) is 155 cm³/mol. The number of H-pyrrole nitrogens is 1. The molecule has 0 amide bonds. The van der Waals surface area contributed by atoms with Crippen LogP contribution in [0.4, 0.5) is 11.4 Å². The molecular weight excluding hydrogens is 532 g/mol. The highest BCUT2D eigenvalue weighted by atomic mass is 32.2. The molecule has 0 spiro atoms. The van der Waals surface area contributed by atoms with Crippen LogP contribution in [0.1, 0.15) is 0 Å². The Kier molecular flexibility index (Phi) is 7.31. The lowest BCUT2D eigenvalue weighted by atomic mass is 10.1. The summed E-state index contributed by atoms with van der Waals surface area (Å²) in [6.07, 6.45) is 0.